The molecule has 136 valence electrons. The quantitative estimate of drug-likeness (QED) is 0.399. The highest BCUT2D eigenvalue weighted by atomic mass is 31.1. The Morgan fingerprint density at radius 3 is 1.32 bits per heavy atom. The van der Waals surface area contributed by atoms with Crippen LogP contribution < -0.4 is 10.6 Å². The fourth-order valence-corrected chi connectivity index (χ4v) is 5.64. The molecule has 2 aromatic rings. The maximum absolute atomic E-state index is 2.40. The molecule has 0 aliphatic carbocycles. The van der Waals surface area contributed by atoms with Crippen molar-refractivity contribution in [3.05, 3.63) is 59.7 Å². The summed E-state index contributed by atoms with van der Waals surface area (Å²) in [6, 6.07) is 19.1. The van der Waals surface area contributed by atoms with E-state index in [4.69, 9.17) is 0 Å². The SMILES string of the molecule is CCCCc1ccc(P(CCCC)c2ccc(CCCC)cc2)cc1. The van der Waals surface area contributed by atoms with E-state index in [1.54, 1.807) is 10.6 Å². The smallest absolute Gasteiger partial charge is 0.0195 e. The van der Waals surface area contributed by atoms with E-state index < -0.39 is 0 Å². The Labute approximate surface area is 156 Å². The van der Waals surface area contributed by atoms with Crippen LogP contribution in [0, 0.1) is 0 Å². The molecule has 0 saturated carbocycles. The van der Waals surface area contributed by atoms with Crippen LogP contribution in [0.15, 0.2) is 48.5 Å². The minimum absolute atomic E-state index is 0.207. The molecule has 0 radical (unpaired) electrons. The zero-order valence-corrected chi connectivity index (χ0v) is 17.3. The van der Waals surface area contributed by atoms with Crippen LogP contribution in [-0.2, 0) is 12.8 Å². The molecule has 25 heavy (non-hydrogen) atoms. The van der Waals surface area contributed by atoms with E-state index in [-0.39, 0.29) is 7.92 Å². The Bertz CT molecular complexity index is 531. The van der Waals surface area contributed by atoms with Crippen LogP contribution >= 0.6 is 7.92 Å². The van der Waals surface area contributed by atoms with Crippen molar-refractivity contribution in [2.75, 3.05) is 6.16 Å². The van der Waals surface area contributed by atoms with Gasteiger partial charge in [-0.05, 0) is 67.9 Å². The third-order valence-corrected chi connectivity index (χ3v) is 7.48. The van der Waals surface area contributed by atoms with Gasteiger partial charge in [0.25, 0.3) is 0 Å². The van der Waals surface area contributed by atoms with Gasteiger partial charge < -0.3 is 0 Å². The highest BCUT2D eigenvalue weighted by Crippen LogP contribution is 2.35. The van der Waals surface area contributed by atoms with Crippen LogP contribution in [0.2, 0.25) is 0 Å². The van der Waals surface area contributed by atoms with E-state index in [1.165, 1.54) is 68.7 Å². The average Bonchev–Trinajstić information content (AvgIpc) is 2.67. The van der Waals surface area contributed by atoms with Gasteiger partial charge in [-0.3, -0.25) is 0 Å². The topological polar surface area (TPSA) is 0 Å². The molecule has 0 aromatic heterocycles. The van der Waals surface area contributed by atoms with Gasteiger partial charge >= 0.3 is 0 Å². The van der Waals surface area contributed by atoms with Crippen molar-refractivity contribution in [1.82, 2.24) is 0 Å². The number of unbranched alkanes of at least 4 members (excludes halogenated alkanes) is 3. The van der Waals surface area contributed by atoms with Crippen LogP contribution in [-0.4, -0.2) is 6.16 Å². The van der Waals surface area contributed by atoms with Crippen LogP contribution in [0.25, 0.3) is 0 Å². The molecule has 0 spiro atoms. The van der Waals surface area contributed by atoms with E-state index in [9.17, 15) is 0 Å². The van der Waals surface area contributed by atoms with Gasteiger partial charge in [0.05, 0.1) is 0 Å². The van der Waals surface area contributed by atoms with Gasteiger partial charge in [-0.2, -0.15) is 0 Å². The van der Waals surface area contributed by atoms with Gasteiger partial charge in [-0.15, -0.1) is 0 Å². The van der Waals surface area contributed by atoms with Gasteiger partial charge in [0, 0.05) is 0 Å². The second-order valence-electron chi connectivity index (χ2n) is 7.05. The minimum Gasteiger partial charge on any atom is -0.0654 e. The molecule has 0 heterocycles. The number of benzene rings is 2. The van der Waals surface area contributed by atoms with Gasteiger partial charge in [-0.1, -0.05) is 88.6 Å². The second kappa shape index (κ2) is 11.5. The number of hydrogen-bond donors (Lipinski definition) is 0. The molecule has 0 N–H and O–H groups in total. The molecule has 2 rings (SSSR count). The number of hydrogen-bond acceptors (Lipinski definition) is 0. The highest BCUT2D eigenvalue weighted by Gasteiger charge is 2.13. The Morgan fingerprint density at radius 1 is 0.560 bits per heavy atom. The summed E-state index contributed by atoms with van der Waals surface area (Å²) in [4.78, 5) is 0. The summed E-state index contributed by atoms with van der Waals surface area (Å²) in [6.07, 6.45) is 11.5. The van der Waals surface area contributed by atoms with Crippen molar-refractivity contribution in [2.24, 2.45) is 0 Å². The lowest BCUT2D eigenvalue weighted by molar-refractivity contribution is 0.795. The van der Waals surface area contributed by atoms with E-state index in [0.717, 1.165) is 0 Å². The summed E-state index contributed by atoms with van der Waals surface area (Å²) in [5.74, 6) is 0. The maximum atomic E-state index is 2.40. The first-order chi connectivity index (χ1) is 12.3. The van der Waals surface area contributed by atoms with E-state index in [0.29, 0.717) is 0 Å². The summed E-state index contributed by atoms with van der Waals surface area (Å²) < 4.78 is 0. The van der Waals surface area contributed by atoms with Crippen molar-refractivity contribution in [3.8, 4) is 0 Å². The first-order valence-corrected chi connectivity index (χ1v) is 11.8. The molecular weight excluding hydrogens is 319 g/mol. The maximum Gasteiger partial charge on any atom is -0.0195 e. The van der Waals surface area contributed by atoms with Crippen molar-refractivity contribution in [3.63, 3.8) is 0 Å². The summed E-state index contributed by atoms with van der Waals surface area (Å²) >= 11 is 0. The van der Waals surface area contributed by atoms with Gasteiger partial charge in [-0.25, -0.2) is 0 Å². The lowest BCUT2D eigenvalue weighted by Gasteiger charge is -2.19. The van der Waals surface area contributed by atoms with Crippen LogP contribution in [0.1, 0.15) is 70.4 Å². The fraction of sp³-hybridized carbons (Fsp3) is 0.500. The van der Waals surface area contributed by atoms with Crippen molar-refractivity contribution in [1.29, 1.82) is 0 Å². The number of rotatable bonds is 11. The van der Waals surface area contributed by atoms with Gasteiger partial charge in [0.1, 0.15) is 0 Å². The van der Waals surface area contributed by atoms with E-state index in [2.05, 4.69) is 69.3 Å². The normalized spacial score (nSPS) is 11.2. The molecule has 0 aliphatic rings. The summed E-state index contributed by atoms with van der Waals surface area (Å²) in [6.45, 7) is 6.83. The molecule has 2 aromatic carbocycles. The van der Waals surface area contributed by atoms with E-state index in [1.807, 2.05) is 0 Å². The fourth-order valence-electron chi connectivity index (χ4n) is 3.17. The predicted octanol–water partition coefficient (Wildman–Crippen LogP) is 6.60. The standard InChI is InChI=1S/C24H35P/c1-4-7-10-21-12-16-23(17-13-21)25(20-9-6-3)24-18-14-22(15-19-24)11-8-5-2/h12-19H,4-11,20H2,1-3H3. The summed E-state index contributed by atoms with van der Waals surface area (Å²) in [5, 5.41) is 3.09. The largest absolute Gasteiger partial charge is 0.0654 e. The second-order valence-corrected chi connectivity index (χ2v) is 9.38. The Hall–Kier alpha value is -1.13. The Kier molecular flexibility index (Phi) is 9.27. The molecule has 0 amide bonds. The lowest BCUT2D eigenvalue weighted by atomic mass is 10.1. The third-order valence-electron chi connectivity index (χ3n) is 4.87. The van der Waals surface area contributed by atoms with Crippen molar-refractivity contribution >= 4 is 18.5 Å². The molecule has 0 aliphatic heterocycles. The molecule has 0 unspecified atom stereocenters. The molecule has 0 atom stereocenters. The average molecular weight is 355 g/mol. The van der Waals surface area contributed by atoms with Crippen LogP contribution in [0.5, 0.6) is 0 Å². The zero-order chi connectivity index (χ0) is 17.9. The molecular formula is C24H35P. The zero-order valence-electron chi connectivity index (χ0n) is 16.4. The third kappa shape index (κ3) is 6.59. The Balaban J connectivity index is 2.14. The van der Waals surface area contributed by atoms with Crippen LogP contribution in [0.4, 0.5) is 0 Å². The molecule has 0 fully saturated rings. The minimum atomic E-state index is -0.207. The summed E-state index contributed by atoms with van der Waals surface area (Å²) in [7, 11) is -0.207. The predicted molar refractivity (Wildman–Crippen MR) is 116 cm³/mol. The molecule has 0 saturated heterocycles. The van der Waals surface area contributed by atoms with Crippen molar-refractivity contribution < 1.29 is 0 Å². The summed E-state index contributed by atoms with van der Waals surface area (Å²) in [5.41, 5.74) is 2.98. The van der Waals surface area contributed by atoms with Crippen LogP contribution in [0.3, 0.4) is 0 Å². The molecule has 1 heteroatoms. The van der Waals surface area contributed by atoms with E-state index >= 15 is 0 Å². The molecule has 0 bridgehead atoms. The van der Waals surface area contributed by atoms with Gasteiger partial charge in [0.15, 0.2) is 0 Å². The highest BCUT2D eigenvalue weighted by molar-refractivity contribution is 7.73. The first kappa shape index (κ1) is 20.2. The molecule has 0 nitrogen and oxygen atoms in total. The van der Waals surface area contributed by atoms with Gasteiger partial charge in [0.2, 0.25) is 0 Å². The lowest BCUT2D eigenvalue weighted by Crippen LogP contribution is -2.14. The Morgan fingerprint density at radius 2 is 0.960 bits per heavy atom. The monoisotopic (exact) mass is 354 g/mol. The number of aryl methyl sites for hydroxylation is 2. The first-order valence-electron chi connectivity index (χ1n) is 10.2. The van der Waals surface area contributed by atoms with Crippen molar-refractivity contribution in [2.45, 2.75) is 72.1 Å².